The second-order valence-corrected chi connectivity index (χ2v) is 5.65. The molecule has 1 saturated heterocycles. The molecule has 0 radical (unpaired) electrons. The van der Waals surface area contributed by atoms with Crippen LogP contribution in [-0.4, -0.2) is 66.0 Å². The van der Waals surface area contributed by atoms with E-state index in [1.807, 2.05) is 0 Å². The third-order valence-electron chi connectivity index (χ3n) is 3.48. The molecule has 0 spiro atoms. The number of nitrogens with one attached hydrogen (secondary N) is 1. The lowest BCUT2D eigenvalue weighted by Gasteiger charge is -2.36. The molecular weight excluding hydrogens is 314 g/mol. The Balaban J connectivity index is 2.16. The van der Waals surface area contributed by atoms with E-state index in [9.17, 15) is 20.1 Å². The van der Waals surface area contributed by atoms with E-state index in [2.05, 4.69) is 15.0 Å². The summed E-state index contributed by atoms with van der Waals surface area (Å²) in [4.78, 5) is 22.7. The SMILES string of the molecule is CSc1nc2c(nc(N)n2[C@@H]2OC[C@@H](O)[C@@H](O)[C@H]2O)c(=O)[nH]1. The normalized spacial score (nSPS) is 29.1. The number of aliphatic hydroxyl groups excluding tert-OH is 3. The molecule has 1 aliphatic rings. The van der Waals surface area contributed by atoms with Crippen molar-refractivity contribution in [3.05, 3.63) is 10.4 Å². The van der Waals surface area contributed by atoms with Gasteiger partial charge in [-0.1, -0.05) is 11.8 Å². The molecule has 22 heavy (non-hydrogen) atoms. The van der Waals surface area contributed by atoms with E-state index in [1.54, 1.807) is 6.26 Å². The van der Waals surface area contributed by atoms with Crippen LogP contribution in [0.25, 0.3) is 11.2 Å². The number of thioether (sulfide) groups is 1. The van der Waals surface area contributed by atoms with Gasteiger partial charge in [0.05, 0.1) is 6.61 Å². The number of hydrogen-bond acceptors (Lipinski definition) is 9. The van der Waals surface area contributed by atoms with Crippen molar-refractivity contribution in [2.45, 2.75) is 29.7 Å². The number of hydrogen-bond donors (Lipinski definition) is 5. The van der Waals surface area contributed by atoms with Crippen LogP contribution in [0, 0.1) is 0 Å². The predicted molar refractivity (Wildman–Crippen MR) is 77.4 cm³/mol. The van der Waals surface area contributed by atoms with Gasteiger partial charge in [-0.3, -0.25) is 14.3 Å². The molecule has 1 fully saturated rings. The van der Waals surface area contributed by atoms with Crippen molar-refractivity contribution >= 4 is 28.9 Å². The van der Waals surface area contributed by atoms with Gasteiger partial charge in [0.2, 0.25) is 5.95 Å². The largest absolute Gasteiger partial charge is 0.388 e. The maximum absolute atomic E-state index is 12.0. The van der Waals surface area contributed by atoms with Crippen molar-refractivity contribution in [3.8, 4) is 0 Å². The number of nitrogens with zero attached hydrogens (tertiary/aromatic N) is 3. The number of rotatable bonds is 2. The van der Waals surface area contributed by atoms with Crippen molar-refractivity contribution in [2.24, 2.45) is 0 Å². The molecule has 0 unspecified atom stereocenters. The van der Waals surface area contributed by atoms with Gasteiger partial charge in [-0.05, 0) is 6.26 Å². The number of anilines is 1. The predicted octanol–water partition coefficient (Wildman–Crippen LogP) is -1.96. The van der Waals surface area contributed by atoms with Gasteiger partial charge < -0.3 is 25.8 Å². The molecule has 3 heterocycles. The van der Waals surface area contributed by atoms with Crippen LogP contribution in [-0.2, 0) is 4.74 Å². The quantitative estimate of drug-likeness (QED) is 0.311. The maximum Gasteiger partial charge on any atom is 0.279 e. The first-order valence-corrected chi connectivity index (χ1v) is 7.64. The zero-order chi connectivity index (χ0) is 16.0. The van der Waals surface area contributed by atoms with Gasteiger partial charge >= 0.3 is 0 Å². The van der Waals surface area contributed by atoms with Gasteiger partial charge in [0.1, 0.15) is 18.3 Å². The Morgan fingerprint density at radius 3 is 2.77 bits per heavy atom. The van der Waals surface area contributed by atoms with Crippen molar-refractivity contribution < 1.29 is 20.1 Å². The number of fused-ring (bicyclic) bond motifs is 1. The van der Waals surface area contributed by atoms with Crippen molar-refractivity contribution in [1.82, 2.24) is 19.5 Å². The van der Waals surface area contributed by atoms with Crippen LogP contribution < -0.4 is 11.3 Å². The molecule has 0 saturated carbocycles. The topological polar surface area (TPSA) is 160 Å². The standard InChI is InChI=1S/C11H15N5O5S/c1-22-11-14-7-4(8(20)15-11)13-10(12)16(7)9-6(19)5(18)3(17)2-21-9/h3,5-6,9,17-19H,2H2,1H3,(H2,12,13)(H,14,15,20)/t3-,5-,6-,9-/m1/s1. The second kappa shape index (κ2) is 5.52. The number of aromatic amines is 1. The van der Waals surface area contributed by atoms with E-state index in [0.29, 0.717) is 5.16 Å². The highest BCUT2D eigenvalue weighted by molar-refractivity contribution is 7.98. The van der Waals surface area contributed by atoms with E-state index in [1.165, 1.54) is 16.3 Å². The Morgan fingerprint density at radius 2 is 2.09 bits per heavy atom. The summed E-state index contributed by atoms with van der Waals surface area (Å²) < 4.78 is 6.58. The number of aromatic nitrogens is 4. The average Bonchev–Trinajstić information content (AvgIpc) is 2.82. The molecule has 0 aromatic carbocycles. The lowest BCUT2D eigenvalue weighted by atomic mass is 10.0. The Morgan fingerprint density at radius 1 is 1.36 bits per heavy atom. The second-order valence-electron chi connectivity index (χ2n) is 4.86. The molecule has 11 heteroatoms. The summed E-state index contributed by atoms with van der Waals surface area (Å²) in [5.41, 5.74) is 5.48. The molecule has 120 valence electrons. The Hall–Kier alpha value is -1.66. The summed E-state index contributed by atoms with van der Waals surface area (Å²) in [7, 11) is 0. The lowest BCUT2D eigenvalue weighted by Crippen LogP contribution is -2.50. The molecule has 0 aliphatic carbocycles. The van der Waals surface area contributed by atoms with E-state index in [-0.39, 0.29) is 23.7 Å². The fourth-order valence-electron chi connectivity index (χ4n) is 2.35. The van der Waals surface area contributed by atoms with Crippen LogP contribution in [0.15, 0.2) is 9.95 Å². The first-order valence-electron chi connectivity index (χ1n) is 6.41. The zero-order valence-corrected chi connectivity index (χ0v) is 12.3. The van der Waals surface area contributed by atoms with Crippen LogP contribution in [0.5, 0.6) is 0 Å². The summed E-state index contributed by atoms with van der Waals surface area (Å²) in [5.74, 6) is -0.0844. The Kier molecular flexibility index (Phi) is 3.82. The van der Waals surface area contributed by atoms with Gasteiger partial charge in [-0.25, -0.2) is 9.97 Å². The highest BCUT2D eigenvalue weighted by Crippen LogP contribution is 2.29. The molecule has 0 amide bonds. The number of nitrogen functional groups attached to an aromatic ring is 1. The van der Waals surface area contributed by atoms with Crippen molar-refractivity contribution in [2.75, 3.05) is 18.6 Å². The summed E-state index contributed by atoms with van der Waals surface area (Å²) in [6.45, 7) is -0.194. The minimum absolute atomic E-state index is 0.00621. The minimum atomic E-state index is -1.44. The van der Waals surface area contributed by atoms with E-state index in [4.69, 9.17) is 10.5 Å². The van der Waals surface area contributed by atoms with Gasteiger partial charge in [-0.2, -0.15) is 0 Å². The van der Waals surface area contributed by atoms with Crippen LogP contribution in [0.4, 0.5) is 5.95 Å². The summed E-state index contributed by atoms with van der Waals surface area (Å²) in [6, 6.07) is 0. The molecule has 2 aromatic rings. The van der Waals surface area contributed by atoms with Gasteiger partial charge in [0, 0.05) is 0 Å². The van der Waals surface area contributed by atoms with E-state index in [0.717, 1.165) is 0 Å². The van der Waals surface area contributed by atoms with Crippen LogP contribution in [0.2, 0.25) is 0 Å². The first-order chi connectivity index (χ1) is 10.4. The number of nitrogens with two attached hydrogens (primary N) is 1. The zero-order valence-electron chi connectivity index (χ0n) is 11.5. The molecule has 6 N–H and O–H groups in total. The number of ether oxygens (including phenoxy) is 1. The van der Waals surface area contributed by atoms with Crippen molar-refractivity contribution in [1.29, 1.82) is 0 Å². The maximum atomic E-state index is 12.0. The molecule has 2 aromatic heterocycles. The first kappa shape index (κ1) is 15.2. The smallest absolute Gasteiger partial charge is 0.279 e. The lowest BCUT2D eigenvalue weighted by molar-refractivity contribution is -0.209. The monoisotopic (exact) mass is 329 g/mol. The summed E-state index contributed by atoms with van der Waals surface area (Å²) >= 11 is 1.22. The minimum Gasteiger partial charge on any atom is -0.388 e. The Bertz CT molecular complexity index is 761. The van der Waals surface area contributed by atoms with Gasteiger partial charge in [0.15, 0.2) is 22.5 Å². The molecule has 4 atom stereocenters. The third kappa shape index (κ3) is 2.27. The fourth-order valence-corrected chi connectivity index (χ4v) is 2.72. The molecule has 1 aliphatic heterocycles. The number of aliphatic hydroxyl groups is 3. The summed E-state index contributed by atoms with van der Waals surface area (Å²) in [6.07, 6.45) is -3.42. The fraction of sp³-hybridized carbons (Fsp3) is 0.545. The Labute approximate surface area is 127 Å². The average molecular weight is 329 g/mol. The highest BCUT2D eigenvalue weighted by atomic mass is 32.2. The van der Waals surface area contributed by atoms with Gasteiger partial charge in [0.25, 0.3) is 5.56 Å². The summed E-state index contributed by atoms with van der Waals surface area (Å²) in [5, 5.41) is 29.7. The molecular formula is C11H15N5O5S. The van der Waals surface area contributed by atoms with Crippen LogP contribution in [0.1, 0.15) is 6.23 Å². The molecule has 0 bridgehead atoms. The molecule has 10 nitrogen and oxygen atoms in total. The number of imidazole rings is 1. The highest BCUT2D eigenvalue weighted by Gasteiger charge is 2.40. The molecule has 3 rings (SSSR count). The third-order valence-corrected chi connectivity index (χ3v) is 4.06. The van der Waals surface area contributed by atoms with Crippen molar-refractivity contribution in [3.63, 3.8) is 0 Å². The number of H-pyrrole nitrogens is 1. The van der Waals surface area contributed by atoms with Gasteiger partial charge in [-0.15, -0.1) is 0 Å². The van der Waals surface area contributed by atoms with E-state index >= 15 is 0 Å². The van der Waals surface area contributed by atoms with E-state index < -0.39 is 30.1 Å². The van der Waals surface area contributed by atoms with Crippen LogP contribution >= 0.6 is 11.8 Å². The van der Waals surface area contributed by atoms with Crippen LogP contribution in [0.3, 0.4) is 0 Å².